The third kappa shape index (κ3) is 7.43. The topological polar surface area (TPSA) is 151 Å². The Morgan fingerprint density at radius 3 is 2.62 bits per heavy atom. The highest BCUT2D eigenvalue weighted by molar-refractivity contribution is 6.01. The Morgan fingerprint density at radius 1 is 1.05 bits per heavy atom. The smallest absolute Gasteiger partial charge is 0.412 e. The predicted octanol–water partition coefficient (Wildman–Crippen LogP) is 4.26. The van der Waals surface area contributed by atoms with Crippen molar-refractivity contribution in [2.24, 2.45) is 0 Å². The van der Waals surface area contributed by atoms with E-state index in [4.69, 9.17) is 29.4 Å². The number of carbonyl (C=O) groups excluding carboxylic acids is 2. The summed E-state index contributed by atoms with van der Waals surface area (Å²) < 4.78 is 28.2. The Bertz CT molecular complexity index is 1350. The standard InChI is InChI=1S/C29H31N3O8/c1-2-36-25(13-14-27(34)32-22-9-5-4-8-21(22)30)28(20-7-3-6-10-23(20)37-16-15-33)40-29(35)31-19-11-12-24-26(17-19)39-18-38-24/h3-14,17,25,28,33H,2,15-16,18,30H2,1H3,(H,31,35)(H,32,34)/b14-13+/t25-,28-/m0/s1. The number of para-hydroxylation sites is 3. The van der Waals surface area contributed by atoms with Crippen LogP contribution in [0.1, 0.15) is 18.6 Å². The number of anilines is 3. The second-order valence-corrected chi connectivity index (χ2v) is 8.48. The summed E-state index contributed by atoms with van der Waals surface area (Å²) in [5.41, 5.74) is 7.72. The second-order valence-electron chi connectivity index (χ2n) is 8.48. The Morgan fingerprint density at radius 2 is 1.82 bits per heavy atom. The van der Waals surface area contributed by atoms with Crippen molar-refractivity contribution < 1.29 is 38.4 Å². The van der Waals surface area contributed by atoms with Crippen molar-refractivity contribution in [3.05, 3.63) is 84.4 Å². The summed E-state index contributed by atoms with van der Waals surface area (Å²) in [6.45, 7) is 1.96. The number of ether oxygens (including phenoxy) is 5. The number of nitrogens with two attached hydrogens (primary N) is 1. The van der Waals surface area contributed by atoms with Gasteiger partial charge in [0.25, 0.3) is 0 Å². The van der Waals surface area contributed by atoms with Crippen molar-refractivity contribution in [1.82, 2.24) is 0 Å². The average Bonchev–Trinajstić information content (AvgIpc) is 3.42. The third-order valence-corrected chi connectivity index (χ3v) is 5.74. The molecule has 4 rings (SSSR count). The van der Waals surface area contributed by atoms with E-state index in [1.54, 1.807) is 73.7 Å². The quantitative estimate of drug-likeness (QED) is 0.192. The molecule has 1 aliphatic rings. The molecule has 0 fully saturated rings. The van der Waals surface area contributed by atoms with Crippen LogP contribution in [0, 0.1) is 0 Å². The predicted molar refractivity (Wildman–Crippen MR) is 148 cm³/mol. The number of hydrogen-bond donors (Lipinski definition) is 4. The number of nitrogens with one attached hydrogen (secondary N) is 2. The van der Waals surface area contributed by atoms with Gasteiger partial charge in [0.2, 0.25) is 12.7 Å². The second kappa shape index (κ2) is 13.9. The first-order valence-electron chi connectivity index (χ1n) is 12.6. The molecule has 2 atom stereocenters. The van der Waals surface area contributed by atoms with Crippen LogP contribution in [0.15, 0.2) is 78.9 Å². The summed E-state index contributed by atoms with van der Waals surface area (Å²) in [6, 6.07) is 18.7. The van der Waals surface area contributed by atoms with Gasteiger partial charge in [-0.2, -0.15) is 0 Å². The number of nitrogen functional groups attached to an aromatic ring is 1. The molecule has 0 saturated heterocycles. The van der Waals surface area contributed by atoms with Crippen molar-refractivity contribution in [2.75, 3.05) is 43.0 Å². The van der Waals surface area contributed by atoms with Gasteiger partial charge in [-0.15, -0.1) is 0 Å². The molecule has 0 saturated carbocycles. The fourth-order valence-electron chi connectivity index (χ4n) is 3.95. The van der Waals surface area contributed by atoms with Crippen LogP contribution in [-0.2, 0) is 14.3 Å². The van der Waals surface area contributed by atoms with Crippen molar-refractivity contribution in [3.63, 3.8) is 0 Å². The van der Waals surface area contributed by atoms with Crippen molar-refractivity contribution in [1.29, 1.82) is 0 Å². The van der Waals surface area contributed by atoms with Crippen LogP contribution >= 0.6 is 0 Å². The molecular formula is C29H31N3O8. The van der Waals surface area contributed by atoms with Crippen LogP contribution in [-0.4, -0.2) is 49.8 Å². The lowest BCUT2D eigenvalue weighted by Gasteiger charge is -2.27. The molecule has 5 N–H and O–H groups in total. The molecule has 2 amide bonds. The molecule has 0 unspecified atom stereocenters. The number of amides is 2. The van der Waals surface area contributed by atoms with Crippen molar-refractivity contribution >= 4 is 29.1 Å². The van der Waals surface area contributed by atoms with E-state index in [0.29, 0.717) is 39.9 Å². The maximum Gasteiger partial charge on any atom is 0.412 e. The highest BCUT2D eigenvalue weighted by Gasteiger charge is 2.29. The van der Waals surface area contributed by atoms with Gasteiger partial charge in [-0.25, -0.2) is 4.79 Å². The molecule has 0 aromatic heterocycles. The summed E-state index contributed by atoms with van der Waals surface area (Å²) in [4.78, 5) is 25.8. The van der Waals surface area contributed by atoms with Gasteiger partial charge in [-0.3, -0.25) is 10.1 Å². The zero-order valence-corrected chi connectivity index (χ0v) is 21.9. The van der Waals surface area contributed by atoms with Gasteiger partial charge in [0.1, 0.15) is 18.5 Å². The highest BCUT2D eigenvalue weighted by atomic mass is 16.7. The fraction of sp³-hybridized carbons (Fsp3) is 0.241. The normalized spacial score (nSPS) is 13.4. The zero-order valence-electron chi connectivity index (χ0n) is 21.9. The first-order chi connectivity index (χ1) is 19.5. The molecule has 0 bridgehead atoms. The SMILES string of the molecule is CCO[C@@H](/C=C/C(=O)Nc1ccccc1N)[C@@H](OC(=O)Nc1ccc2c(c1)OCO2)c1ccccc1OCCO. The van der Waals surface area contributed by atoms with Gasteiger partial charge < -0.3 is 39.8 Å². The van der Waals surface area contributed by atoms with E-state index < -0.39 is 24.2 Å². The minimum Gasteiger partial charge on any atom is -0.491 e. The van der Waals surface area contributed by atoms with E-state index in [0.717, 1.165) is 0 Å². The average molecular weight is 550 g/mol. The summed E-state index contributed by atoms with van der Waals surface area (Å²) in [5, 5.41) is 14.7. The van der Waals surface area contributed by atoms with Gasteiger partial charge in [-0.05, 0) is 43.3 Å². The van der Waals surface area contributed by atoms with Crippen LogP contribution in [0.5, 0.6) is 17.2 Å². The number of benzene rings is 3. The van der Waals surface area contributed by atoms with E-state index in [2.05, 4.69) is 10.6 Å². The molecule has 0 aliphatic carbocycles. The van der Waals surface area contributed by atoms with E-state index in [1.165, 1.54) is 12.2 Å². The van der Waals surface area contributed by atoms with E-state index in [9.17, 15) is 14.7 Å². The number of aliphatic hydroxyl groups is 1. The number of carbonyl (C=O) groups is 2. The lowest BCUT2D eigenvalue weighted by Crippen LogP contribution is -2.28. The van der Waals surface area contributed by atoms with E-state index in [-0.39, 0.29) is 26.6 Å². The molecule has 11 heteroatoms. The summed E-state index contributed by atoms with van der Waals surface area (Å²) >= 11 is 0. The van der Waals surface area contributed by atoms with Crippen LogP contribution < -0.4 is 30.6 Å². The molecule has 3 aromatic rings. The van der Waals surface area contributed by atoms with Gasteiger partial charge in [0, 0.05) is 30.0 Å². The maximum absolute atomic E-state index is 13.1. The minimum atomic E-state index is -1.03. The molecule has 3 aromatic carbocycles. The number of rotatable bonds is 12. The van der Waals surface area contributed by atoms with Gasteiger partial charge in [0.15, 0.2) is 17.6 Å². The number of fused-ring (bicyclic) bond motifs is 1. The Labute approximate surface area is 231 Å². The Kier molecular flexibility index (Phi) is 9.81. The van der Waals surface area contributed by atoms with Gasteiger partial charge >= 0.3 is 6.09 Å². The first-order valence-corrected chi connectivity index (χ1v) is 12.6. The molecule has 1 aliphatic heterocycles. The molecule has 210 valence electrons. The van der Waals surface area contributed by atoms with E-state index >= 15 is 0 Å². The first kappa shape index (κ1) is 28.3. The molecular weight excluding hydrogens is 518 g/mol. The summed E-state index contributed by atoms with van der Waals surface area (Å²) in [7, 11) is 0. The van der Waals surface area contributed by atoms with Crippen molar-refractivity contribution in [3.8, 4) is 17.2 Å². The van der Waals surface area contributed by atoms with Crippen LogP contribution in [0.3, 0.4) is 0 Å². The maximum atomic E-state index is 13.1. The third-order valence-electron chi connectivity index (χ3n) is 5.74. The lowest BCUT2D eigenvalue weighted by atomic mass is 10.0. The highest BCUT2D eigenvalue weighted by Crippen LogP contribution is 2.35. The van der Waals surface area contributed by atoms with Gasteiger partial charge in [-0.1, -0.05) is 30.3 Å². The lowest BCUT2D eigenvalue weighted by molar-refractivity contribution is -0.112. The van der Waals surface area contributed by atoms with Crippen LogP contribution in [0.25, 0.3) is 0 Å². The summed E-state index contributed by atoms with van der Waals surface area (Å²) in [6.07, 6.45) is 0.0930. The van der Waals surface area contributed by atoms with Crippen molar-refractivity contribution in [2.45, 2.75) is 19.1 Å². The zero-order chi connectivity index (χ0) is 28.3. The monoisotopic (exact) mass is 549 g/mol. The van der Waals surface area contributed by atoms with E-state index in [1.807, 2.05) is 0 Å². The van der Waals surface area contributed by atoms with Crippen LogP contribution in [0.2, 0.25) is 0 Å². The Hall–Kier alpha value is -4.74. The Balaban J connectivity index is 1.58. The molecule has 0 radical (unpaired) electrons. The van der Waals surface area contributed by atoms with Crippen LogP contribution in [0.4, 0.5) is 21.9 Å². The minimum absolute atomic E-state index is 0.0309. The molecule has 1 heterocycles. The van der Waals surface area contributed by atoms with Gasteiger partial charge in [0.05, 0.1) is 18.0 Å². The molecule has 40 heavy (non-hydrogen) atoms. The number of hydrogen-bond acceptors (Lipinski definition) is 9. The molecule has 0 spiro atoms. The fourth-order valence-corrected chi connectivity index (χ4v) is 3.95. The molecule has 11 nitrogen and oxygen atoms in total. The number of aliphatic hydroxyl groups excluding tert-OH is 1. The largest absolute Gasteiger partial charge is 0.491 e. The summed E-state index contributed by atoms with van der Waals surface area (Å²) in [5.74, 6) is 1.01.